The molecule has 0 bridgehead atoms. The summed E-state index contributed by atoms with van der Waals surface area (Å²) in [7, 11) is 0. The van der Waals surface area contributed by atoms with Crippen LogP contribution in [0.1, 0.15) is 36.5 Å². The Morgan fingerprint density at radius 3 is 2.90 bits per heavy atom. The van der Waals surface area contributed by atoms with E-state index >= 15 is 0 Å². The zero-order valence-electron chi connectivity index (χ0n) is 12.4. The smallest absolute Gasteiger partial charge is 0.257 e. The molecular formula is C15H22N4O2. The van der Waals surface area contributed by atoms with Gasteiger partial charge in [0.2, 0.25) is 5.95 Å². The number of likely N-dealkylation sites (tertiary alicyclic amines) is 1. The maximum absolute atomic E-state index is 12.5. The van der Waals surface area contributed by atoms with E-state index in [-0.39, 0.29) is 17.9 Å². The van der Waals surface area contributed by atoms with E-state index in [1.165, 1.54) is 0 Å². The second-order valence-electron chi connectivity index (χ2n) is 6.12. The van der Waals surface area contributed by atoms with Crippen molar-refractivity contribution in [1.82, 2.24) is 14.9 Å². The number of aromatic nitrogens is 2. The number of carbonyl (C=O) groups excluding carboxylic acids is 1. The predicted molar refractivity (Wildman–Crippen MR) is 79.0 cm³/mol. The van der Waals surface area contributed by atoms with Crippen LogP contribution < -0.4 is 5.32 Å². The van der Waals surface area contributed by atoms with Crippen LogP contribution in [0, 0.1) is 11.3 Å². The highest BCUT2D eigenvalue weighted by Gasteiger charge is 2.50. The lowest BCUT2D eigenvalue weighted by atomic mass is 9.82. The number of nitrogens with zero attached hydrogens (tertiary/aromatic N) is 3. The molecule has 0 radical (unpaired) electrons. The minimum atomic E-state index is -0.0692. The number of amides is 1. The third kappa shape index (κ3) is 2.48. The van der Waals surface area contributed by atoms with Crippen LogP contribution in [0.4, 0.5) is 5.95 Å². The third-order valence-electron chi connectivity index (χ3n) is 4.88. The molecule has 1 aliphatic carbocycles. The maximum atomic E-state index is 12.5. The van der Waals surface area contributed by atoms with Crippen molar-refractivity contribution in [3.63, 3.8) is 0 Å². The molecule has 0 aromatic carbocycles. The number of anilines is 1. The zero-order chi connectivity index (χ0) is 14.9. The summed E-state index contributed by atoms with van der Waals surface area (Å²) in [5.41, 5.74) is 0.449. The van der Waals surface area contributed by atoms with Crippen molar-refractivity contribution < 1.29 is 9.90 Å². The Labute approximate surface area is 124 Å². The lowest BCUT2D eigenvalue weighted by Crippen LogP contribution is -2.34. The van der Waals surface area contributed by atoms with Gasteiger partial charge in [-0.15, -0.1) is 0 Å². The second-order valence-corrected chi connectivity index (χ2v) is 6.12. The van der Waals surface area contributed by atoms with Gasteiger partial charge in [0.25, 0.3) is 5.91 Å². The quantitative estimate of drug-likeness (QED) is 0.869. The molecule has 2 aliphatic rings. The Morgan fingerprint density at radius 1 is 1.52 bits per heavy atom. The molecular weight excluding hydrogens is 268 g/mol. The van der Waals surface area contributed by atoms with E-state index in [2.05, 4.69) is 15.3 Å². The number of nitrogens with one attached hydrogen (secondary N) is 1. The van der Waals surface area contributed by atoms with E-state index in [1.807, 2.05) is 11.8 Å². The first-order chi connectivity index (χ1) is 10.2. The maximum Gasteiger partial charge on any atom is 0.257 e. The molecule has 6 heteroatoms. The Morgan fingerprint density at radius 2 is 2.29 bits per heavy atom. The van der Waals surface area contributed by atoms with Gasteiger partial charge >= 0.3 is 0 Å². The van der Waals surface area contributed by atoms with Crippen LogP contribution in [0.2, 0.25) is 0 Å². The molecule has 114 valence electrons. The van der Waals surface area contributed by atoms with Gasteiger partial charge in [-0.05, 0) is 25.7 Å². The SMILES string of the molecule is CCNc1ncc(C(=O)N2C[C@@H]3CCC[C@]3(CO)C2)cn1. The van der Waals surface area contributed by atoms with Gasteiger partial charge in [0.1, 0.15) is 0 Å². The normalized spacial score (nSPS) is 27.7. The fraction of sp³-hybridized carbons (Fsp3) is 0.667. The third-order valence-corrected chi connectivity index (χ3v) is 4.88. The first-order valence-corrected chi connectivity index (χ1v) is 7.64. The summed E-state index contributed by atoms with van der Waals surface area (Å²) in [6.07, 6.45) is 6.45. The molecule has 2 atom stereocenters. The van der Waals surface area contributed by atoms with E-state index < -0.39 is 0 Å². The molecule has 1 saturated heterocycles. The van der Waals surface area contributed by atoms with Crippen LogP contribution in [0.15, 0.2) is 12.4 Å². The minimum absolute atomic E-state index is 0.0275. The number of fused-ring (bicyclic) bond motifs is 1. The van der Waals surface area contributed by atoms with E-state index in [1.54, 1.807) is 12.4 Å². The fourth-order valence-corrected chi connectivity index (χ4v) is 3.70. The van der Waals surface area contributed by atoms with Gasteiger partial charge in [0, 0.05) is 37.4 Å². The van der Waals surface area contributed by atoms with Crippen LogP contribution in [-0.4, -0.2) is 52.1 Å². The summed E-state index contributed by atoms with van der Waals surface area (Å²) in [5.74, 6) is 0.952. The summed E-state index contributed by atoms with van der Waals surface area (Å²) in [4.78, 5) is 22.7. The average Bonchev–Trinajstić information content (AvgIpc) is 3.05. The Balaban J connectivity index is 1.71. The standard InChI is InChI=1S/C15H22N4O2/c1-2-16-14-17-6-11(7-18-14)13(21)19-8-12-4-3-5-15(12,9-19)10-20/h6-7,12,20H,2-5,8-10H2,1H3,(H,16,17,18)/t12-,15+/m0/s1. The van der Waals surface area contributed by atoms with Crippen LogP contribution in [-0.2, 0) is 0 Å². The molecule has 0 unspecified atom stereocenters. The van der Waals surface area contributed by atoms with Crippen molar-refractivity contribution in [2.24, 2.45) is 11.3 Å². The predicted octanol–water partition coefficient (Wildman–Crippen LogP) is 1.14. The molecule has 2 N–H and O–H groups in total. The molecule has 21 heavy (non-hydrogen) atoms. The first-order valence-electron chi connectivity index (χ1n) is 7.64. The van der Waals surface area contributed by atoms with Crippen molar-refractivity contribution in [3.8, 4) is 0 Å². The largest absolute Gasteiger partial charge is 0.396 e. The minimum Gasteiger partial charge on any atom is -0.396 e. The summed E-state index contributed by atoms with van der Waals surface area (Å²) >= 11 is 0. The molecule has 1 amide bonds. The van der Waals surface area contributed by atoms with Crippen molar-refractivity contribution in [2.45, 2.75) is 26.2 Å². The van der Waals surface area contributed by atoms with Gasteiger partial charge < -0.3 is 15.3 Å². The van der Waals surface area contributed by atoms with Crippen molar-refractivity contribution in [2.75, 3.05) is 31.6 Å². The summed E-state index contributed by atoms with van der Waals surface area (Å²) in [6.45, 7) is 4.30. The zero-order valence-corrected chi connectivity index (χ0v) is 12.4. The van der Waals surface area contributed by atoms with Crippen molar-refractivity contribution in [3.05, 3.63) is 18.0 Å². The molecule has 1 aliphatic heterocycles. The highest BCUT2D eigenvalue weighted by molar-refractivity contribution is 5.94. The lowest BCUT2D eigenvalue weighted by molar-refractivity contribution is 0.0733. The van der Waals surface area contributed by atoms with Crippen molar-refractivity contribution >= 4 is 11.9 Å². The number of aliphatic hydroxyl groups is 1. The molecule has 1 aromatic heterocycles. The number of hydrogen-bond donors (Lipinski definition) is 2. The van der Waals surface area contributed by atoms with E-state index in [0.717, 1.165) is 32.4 Å². The Hall–Kier alpha value is -1.69. The Bertz CT molecular complexity index is 519. The fourth-order valence-electron chi connectivity index (χ4n) is 3.70. The van der Waals surface area contributed by atoms with Gasteiger partial charge in [-0.3, -0.25) is 4.79 Å². The molecule has 1 saturated carbocycles. The molecule has 1 aromatic rings. The van der Waals surface area contributed by atoms with Crippen LogP contribution in [0.25, 0.3) is 0 Å². The summed E-state index contributed by atoms with van der Waals surface area (Å²) in [6, 6.07) is 0. The Kier molecular flexibility index (Phi) is 3.80. The number of aliphatic hydroxyl groups excluding tert-OH is 1. The second kappa shape index (κ2) is 5.60. The molecule has 2 fully saturated rings. The lowest BCUT2D eigenvalue weighted by Gasteiger charge is -2.25. The topological polar surface area (TPSA) is 78.4 Å². The van der Waals surface area contributed by atoms with Gasteiger partial charge in [0.15, 0.2) is 0 Å². The highest BCUT2D eigenvalue weighted by atomic mass is 16.3. The first kappa shape index (κ1) is 14.3. The number of carbonyl (C=O) groups is 1. The van der Waals surface area contributed by atoms with E-state index in [0.29, 0.717) is 24.0 Å². The van der Waals surface area contributed by atoms with E-state index in [4.69, 9.17) is 0 Å². The van der Waals surface area contributed by atoms with Crippen LogP contribution in [0.5, 0.6) is 0 Å². The average molecular weight is 290 g/mol. The van der Waals surface area contributed by atoms with Gasteiger partial charge in [-0.1, -0.05) is 6.42 Å². The number of hydrogen-bond acceptors (Lipinski definition) is 5. The highest BCUT2D eigenvalue weighted by Crippen LogP contribution is 2.48. The van der Waals surface area contributed by atoms with Crippen LogP contribution >= 0.6 is 0 Å². The summed E-state index contributed by atoms with van der Waals surface area (Å²) in [5, 5.41) is 12.7. The van der Waals surface area contributed by atoms with E-state index in [9.17, 15) is 9.90 Å². The van der Waals surface area contributed by atoms with Gasteiger partial charge in [-0.25, -0.2) is 9.97 Å². The monoisotopic (exact) mass is 290 g/mol. The number of rotatable bonds is 4. The molecule has 2 heterocycles. The van der Waals surface area contributed by atoms with Crippen molar-refractivity contribution in [1.29, 1.82) is 0 Å². The molecule has 6 nitrogen and oxygen atoms in total. The van der Waals surface area contributed by atoms with Gasteiger partial charge in [-0.2, -0.15) is 0 Å². The summed E-state index contributed by atoms with van der Waals surface area (Å²) < 4.78 is 0. The molecule has 0 spiro atoms. The van der Waals surface area contributed by atoms with Gasteiger partial charge in [0.05, 0.1) is 12.2 Å². The van der Waals surface area contributed by atoms with Crippen LogP contribution in [0.3, 0.4) is 0 Å². The molecule has 3 rings (SSSR count).